The van der Waals surface area contributed by atoms with Crippen LogP contribution in [0.5, 0.6) is 5.75 Å². The quantitative estimate of drug-likeness (QED) is 0.500. The lowest BCUT2D eigenvalue weighted by atomic mass is 10.1. The molecule has 3 aromatic rings. The van der Waals surface area contributed by atoms with Crippen LogP contribution in [-0.4, -0.2) is 12.5 Å². The Balaban J connectivity index is 1.79. The number of benzene rings is 3. The minimum atomic E-state index is -0.104. The topological polar surface area (TPSA) is 29.5 Å². The standard InChI is InChI=1S/C22H18ClNO2S/c1-2-12-26-17-7-5-6-15(13-17)22(25)24-18-8-3-4-9-20(18)27-21-11-10-16(23)14-19(21)24/h3-11,13-14H,2,12H2,1H3. The molecular formula is C22H18ClNO2S. The van der Waals surface area contributed by atoms with Crippen molar-refractivity contribution >= 4 is 40.6 Å². The lowest BCUT2D eigenvalue weighted by Gasteiger charge is -2.31. The number of anilines is 2. The lowest BCUT2D eigenvalue weighted by Crippen LogP contribution is -2.28. The molecule has 136 valence electrons. The van der Waals surface area contributed by atoms with Crippen LogP contribution in [0.2, 0.25) is 5.02 Å². The van der Waals surface area contributed by atoms with Gasteiger partial charge in [-0.25, -0.2) is 0 Å². The maximum Gasteiger partial charge on any atom is 0.263 e. The zero-order valence-corrected chi connectivity index (χ0v) is 16.4. The second kappa shape index (κ2) is 7.67. The van der Waals surface area contributed by atoms with Crippen molar-refractivity contribution in [1.82, 2.24) is 0 Å². The van der Waals surface area contributed by atoms with E-state index in [1.807, 2.05) is 60.7 Å². The van der Waals surface area contributed by atoms with Gasteiger partial charge in [0.05, 0.1) is 18.0 Å². The largest absolute Gasteiger partial charge is 0.494 e. The Morgan fingerprint density at radius 3 is 2.67 bits per heavy atom. The van der Waals surface area contributed by atoms with E-state index in [2.05, 4.69) is 6.92 Å². The first-order valence-corrected chi connectivity index (χ1v) is 10.0. The van der Waals surface area contributed by atoms with E-state index in [1.54, 1.807) is 22.7 Å². The molecule has 1 aliphatic heterocycles. The highest BCUT2D eigenvalue weighted by atomic mass is 35.5. The zero-order chi connectivity index (χ0) is 18.8. The van der Waals surface area contributed by atoms with Crippen molar-refractivity contribution in [3.05, 3.63) is 77.3 Å². The van der Waals surface area contributed by atoms with Crippen molar-refractivity contribution in [2.75, 3.05) is 11.5 Å². The molecule has 0 aromatic heterocycles. The summed E-state index contributed by atoms with van der Waals surface area (Å²) in [6.45, 7) is 2.68. The second-order valence-electron chi connectivity index (χ2n) is 6.20. The molecule has 0 aliphatic carbocycles. The number of ether oxygens (including phenoxy) is 1. The van der Waals surface area contributed by atoms with Gasteiger partial charge in [0.2, 0.25) is 0 Å². The molecule has 1 amide bonds. The summed E-state index contributed by atoms with van der Waals surface area (Å²) in [5, 5.41) is 0.603. The van der Waals surface area contributed by atoms with Crippen LogP contribution in [0.1, 0.15) is 23.7 Å². The SMILES string of the molecule is CCCOc1cccc(C(=O)N2c3ccccc3Sc3ccc(Cl)cc32)c1. The van der Waals surface area contributed by atoms with E-state index >= 15 is 0 Å². The van der Waals surface area contributed by atoms with Gasteiger partial charge < -0.3 is 4.74 Å². The number of hydrogen-bond donors (Lipinski definition) is 0. The number of fused-ring (bicyclic) bond motifs is 2. The number of carbonyl (C=O) groups is 1. The lowest BCUT2D eigenvalue weighted by molar-refractivity contribution is 0.0998. The first-order chi connectivity index (χ1) is 13.2. The van der Waals surface area contributed by atoms with Crippen LogP contribution in [0.25, 0.3) is 0 Å². The predicted molar refractivity (Wildman–Crippen MR) is 111 cm³/mol. The summed E-state index contributed by atoms with van der Waals surface area (Å²) < 4.78 is 5.70. The maximum absolute atomic E-state index is 13.5. The first-order valence-electron chi connectivity index (χ1n) is 8.81. The van der Waals surface area contributed by atoms with Gasteiger partial charge in [-0.2, -0.15) is 0 Å². The number of nitrogens with zero attached hydrogens (tertiary/aromatic N) is 1. The molecule has 0 unspecified atom stereocenters. The van der Waals surface area contributed by atoms with E-state index in [4.69, 9.17) is 16.3 Å². The van der Waals surface area contributed by atoms with Crippen molar-refractivity contribution in [3.8, 4) is 5.75 Å². The normalized spacial score (nSPS) is 12.3. The van der Waals surface area contributed by atoms with Crippen LogP contribution < -0.4 is 9.64 Å². The number of rotatable bonds is 4. The van der Waals surface area contributed by atoms with Gasteiger partial charge in [-0.05, 0) is 55.0 Å². The van der Waals surface area contributed by atoms with Crippen molar-refractivity contribution in [2.45, 2.75) is 23.1 Å². The highest BCUT2D eigenvalue weighted by molar-refractivity contribution is 7.99. The average molecular weight is 396 g/mol. The molecule has 27 heavy (non-hydrogen) atoms. The third-order valence-electron chi connectivity index (χ3n) is 4.24. The van der Waals surface area contributed by atoms with E-state index in [-0.39, 0.29) is 5.91 Å². The van der Waals surface area contributed by atoms with Gasteiger partial charge in [-0.1, -0.05) is 48.5 Å². The third kappa shape index (κ3) is 3.55. The summed E-state index contributed by atoms with van der Waals surface area (Å²) in [6.07, 6.45) is 0.917. The molecule has 0 radical (unpaired) electrons. The van der Waals surface area contributed by atoms with Gasteiger partial charge >= 0.3 is 0 Å². The molecule has 3 aromatic carbocycles. The Hall–Kier alpha value is -2.43. The molecular weight excluding hydrogens is 378 g/mol. The van der Waals surface area contributed by atoms with Gasteiger partial charge in [-0.15, -0.1) is 0 Å². The predicted octanol–water partition coefficient (Wildman–Crippen LogP) is 6.57. The number of amides is 1. The molecule has 0 spiro atoms. The second-order valence-corrected chi connectivity index (χ2v) is 7.72. The van der Waals surface area contributed by atoms with Crippen LogP contribution in [0.15, 0.2) is 76.5 Å². The molecule has 4 rings (SSSR count). The monoisotopic (exact) mass is 395 g/mol. The fourth-order valence-corrected chi connectivity index (χ4v) is 4.22. The highest BCUT2D eigenvalue weighted by Crippen LogP contribution is 2.49. The molecule has 0 bridgehead atoms. The van der Waals surface area contributed by atoms with Crippen molar-refractivity contribution in [1.29, 1.82) is 0 Å². The fraction of sp³-hybridized carbons (Fsp3) is 0.136. The van der Waals surface area contributed by atoms with E-state index in [1.165, 1.54) is 0 Å². The summed E-state index contributed by atoms with van der Waals surface area (Å²) in [6, 6.07) is 20.9. The van der Waals surface area contributed by atoms with E-state index < -0.39 is 0 Å². The minimum Gasteiger partial charge on any atom is -0.494 e. The number of hydrogen-bond acceptors (Lipinski definition) is 3. The summed E-state index contributed by atoms with van der Waals surface area (Å²) >= 11 is 7.88. The summed E-state index contributed by atoms with van der Waals surface area (Å²) in [7, 11) is 0. The molecule has 0 saturated heterocycles. The molecule has 3 nitrogen and oxygen atoms in total. The highest BCUT2D eigenvalue weighted by Gasteiger charge is 2.29. The van der Waals surface area contributed by atoms with Gasteiger partial charge in [0.25, 0.3) is 5.91 Å². The van der Waals surface area contributed by atoms with Crippen LogP contribution in [-0.2, 0) is 0 Å². The van der Waals surface area contributed by atoms with E-state index in [0.717, 1.165) is 27.6 Å². The Morgan fingerprint density at radius 1 is 1.00 bits per heavy atom. The van der Waals surface area contributed by atoms with E-state index in [0.29, 0.717) is 22.9 Å². The average Bonchev–Trinajstić information content (AvgIpc) is 2.70. The van der Waals surface area contributed by atoms with Gasteiger partial charge in [0, 0.05) is 20.4 Å². The van der Waals surface area contributed by atoms with Gasteiger partial charge in [0.15, 0.2) is 0 Å². The Bertz CT molecular complexity index is 1010. The molecule has 0 saturated carbocycles. The summed E-state index contributed by atoms with van der Waals surface area (Å²) in [5.41, 5.74) is 2.24. The van der Waals surface area contributed by atoms with Gasteiger partial charge in [0.1, 0.15) is 5.75 Å². The third-order valence-corrected chi connectivity index (χ3v) is 5.61. The zero-order valence-electron chi connectivity index (χ0n) is 14.8. The van der Waals surface area contributed by atoms with Crippen LogP contribution in [0.3, 0.4) is 0 Å². The number of para-hydroxylation sites is 1. The van der Waals surface area contributed by atoms with Crippen molar-refractivity contribution in [3.63, 3.8) is 0 Å². The van der Waals surface area contributed by atoms with Crippen LogP contribution in [0.4, 0.5) is 11.4 Å². The molecule has 0 fully saturated rings. The van der Waals surface area contributed by atoms with Crippen molar-refractivity contribution in [2.24, 2.45) is 0 Å². The number of carbonyl (C=O) groups excluding carboxylic acids is 1. The molecule has 0 atom stereocenters. The Morgan fingerprint density at radius 2 is 1.81 bits per heavy atom. The fourth-order valence-electron chi connectivity index (χ4n) is 3.01. The summed E-state index contributed by atoms with van der Waals surface area (Å²) in [5.74, 6) is 0.599. The number of halogens is 1. The van der Waals surface area contributed by atoms with Crippen molar-refractivity contribution < 1.29 is 9.53 Å². The maximum atomic E-state index is 13.5. The minimum absolute atomic E-state index is 0.104. The molecule has 5 heteroatoms. The Labute approximate surface area is 167 Å². The Kier molecular flexibility index (Phi) is 5.10. The van der Waals surface area contributed by atoms with Crippen LogP contribution >= 0.6 is 23.4 Å². The molecule has 1 heterocycles. The van der Waals surface area contributed by atoms with Gasteiger partial charge in [-0.3, -0.25) is 9.69 Å². The van der Waals surface area contributed by atoms with Crippen LogP contribution in [0, 0.1) is 0 Å². The van der Waals surface area contributed by atoms with E-state index in [9.17, 15) is 4.79 Å². The summed E-state index contributed by atoms with van der Waals surface area (Å²) in [4.78, 5) is 17.3. The molecule has 0 N–H and O–H groups in total. The smallest absolute Gasteiger partial charge is 0.263 e. The first kappa shape index (κ1) is 18.0. The molecule has 1 aliphatic rings.